The van der Waals surface area contributed by atoms with E-state index in [0.717, 1.165) is 28.3 Å². The van der Waals surface area contributed by atoms with Gasteiger partial charge in [-0.1, -0.05) is 24.8 Å². The molecule has 0 spiro atoms. The number of fused-ring (bicyclic) bond motifs is 1. The third kappa shape index (κ3) is 5.67. The summed E-state index contributed by atoms with van der Waals surface area (Å²) < 4.78 is 7.03. The van der Waals surface area contributed by atoms with E-state index in [1.54, 1.807) is 40.7 Å². The van der Waals surface area contributed by atoms with E-state index >= 15 is 0 Å². The molecule has 1 fully saturated rings. The van der Waals surface area contributed by atoms with Gasteiger partial charge >= 0.3 is 0 Å². The number of anilines is 2. The monoisotopic (exact) mass is 497 g/mol. The van der Waals surface area contributed by atoms with Crippen LogP contribution in [0.25, 0.3) is 11.0 Å². The van der Waals surface area contributed by atoms with E-state index in [1.165, 1.54) is 0 Å². The topological polar surface area (TPSA) is 114 Å². The minimum atomic E-state index is -0.403. The summed E-state index contributed by atoms with van der Waals surface area (Å²) in [6, 6.07) is 7.53. The van der Waals surface area contributed by atoms with Gasteiger partial charge in [-0.15, -0.1) is 0 Å². The van der Waals surface area contributed by atoms with Gasteiger partial charge in [-0.25, -0.2) is 14.6 Å². The molecule has 11 heteroatoms. The molecule has 186 valence electrons. The Labute approximate surface area is 208 Å². The second-order valence-electron chi connectivity index (χ2n) is 8.59. The van der Waals surface area contributed by atoms with E-state index in [9.17, 15) is 9.59 Å². The van der Waals surface area contributed by atoms with Crippen LogP contribution in [0.4, 0.5) is 11.5 Å². The summed E-state index contributed by atoms with van der Waals surface area (Å²) in [6.07, 6.45) is 1.94. The number of carbonyl (C=O) groups is 2. The summed E-state index contributed by atoms with van der Waals surface area (Å²) in [7, 11) is 1.58. The number of nitrogens with zero attached hydrogens (tertiary/aromatic N) is 5. The number of carbonyl (C=O) groups excluding carboxylic acids is 2. The molecule has 35 heavy (non-hydrogen) atoms. The summed E-state index contributed by atoms with van der Waals surface area (Å²) in [4.78, 5) is 36.3. The summed E-state index contributed by atoms with van der Waals surface area (Å²) in [5.74, 6) is 1.69. The van der Waals surface area contributed by atoms with Crippen molar-refractivity contribution in [2.75, 3.05) is 36.2 Å². The lowest BCUT2D eigenvalue weighted by molar-refractivity contribution is -0.126. The maximum atomic E-state index is 12.8. The van der Waals surface area contributed by atoms with Gasteiger partial charge in [0.2, 0.25) is 11.8 Å². The first-order valence-electron chi connectivity index (χ1n) is 11.7. The lowest BCUT2D eigenvalue weighted by atomic mass is 10.1. The maximum Gasteiger partial charge on any atom is 0.227 e. The maximum absolute atomic E-state index is 12.8. The van der Waals surface area contributed by atoms with Crippen LogP contribution >= 0.6 is 11.8 Å². The highest BCUT2D eigenvalue weighted by molar-refractivity contribution is 7.99. The average Bonchev–Trinajstić information content (AvgIpc) is 3.43. The van der Waals surface area contributed by atoms with E-state index in [1.807, 2.05) is 18.2 Å². The van der Waals surface area contributed by atoms with Gasteiger partial charge in [0.1, 0.15) is 11.6 Å². The van der Waals surface area contributed by atoms with Crippen molar-refractivity contribution in [3.05, 3.63) is 30.5 Å². The third-order valence-electron chi connectivity index (χ3n) is 5.66. The lowest BCUT2D eigenvalue weighted by Crippen LogP contribution is -2.35. The van der Waals surface area contributed by atoms with E-state index in [4.69, 9.17) is 4.74 Å². The predicted octanol–water partition coefficient (Wildman–Crippen LogP) is 2.94. The zero-order chi connectivity index (χ0) is 24.9. The molecular formula is C24H31N7O3S. The standard InChI is InChI=1S/C24H31N7O3S/c1-5-35-24-28-21(27-15(2)3)19-13-26-31(22(19)29-24)10-9-25-23(33)16-11-20(32)30(14-16)17-7-6-8-18(12-17)34-4/h6-8,12-13,15-16H,5,9-11,14H2,1-4H3,(H,25,33)(H,27,28,29). The smallest absolute Gasteiger partial charge is 0.227 e. The normalized spacial score (nSPS) is 15.7. The van der Waals surface area contributed by atoms with Crippen molar-refractivity contribution in [2.45, 2.75) is 44.9 Å². The zero-order valence-corrected chi connectivity index (χ0v) is 21.3. The molecule has 1 unspecified atom stereocenters. The van der Waals surface area contributed by atoms with Crippen molar-refractivity contribution < 1.29 is 14.3 Å². The average molecular weight is 498 g/mol. The number of methoxy groups -OCH3 is 1. The number of hydrogen-bond acceptors (Lipinski definition) is 8. The number of amides is 2. The Balaban J connectivity index is 1.40. The number of nitrogens with one attached hydrogen (secondary N) is 2. The number of rotatable bonds is 10. The van der Waals surface area contributed by atoms with Crippen molar-refractivity contribution in [1.82, 2.24) is 25.1 Å². The minimum absolute atomic E-state index is 0.0701. The highest BCUT2D eigenvalue weighted by atomic mass is 32.2. The first-order valence-corrected chi connectivity index (χ1v) is 12.7. The van der Waals surface area contributed by atoms with Crippen LogP contribution in [0.1, 0.15) is 27.2 Å². The number of aromatic nitrogens is 4. The quantitative estimate of drug-likeness (QED) is 0.325. The van der Waals surface area contributed by atoms with Gasteiger partial charge < -0.3 is 20.3 Å². The summed E-state index contributed by atoms with van der Waals surface area (Å²) >= 11 is 1.57. The number of thioether (sulfide) groups is 1. The predicted molar refractivity (Wildman–Crippen MR) is 137 cm³/mol. The van der Waals surface area contributed by atoms with E-state index < -0.39 is 5.92 Å². The fourth-order valence-corrected chi connectivity index (χ4v) is 4.58. The van der Waals surface area contributed by atoms with Gasteiger partial charge in [-0.2, -0.15) is 5.10 Å². The van der Waals surface area contributed by atoms with Gasteiger partial charge in [-0.05, 0) is 31.7 Å². The molecule has 1 aliphatic heterocycles. The molecule has 0 bridgehead atoms. The van der Waals surface area contributed by atoms with Crippen LogP contribution in [0.3, 0.4) is 0 Å². The molecular weight excluding hydrogens is 466 g/mol. The Morgan fingerprint density at radius 3 is 2.89 bits per heavy atom. The molecule has 2 aromatic heterocycles. The Hall–Kier alpha value is -3.34. The second-order valence-corrected chi connectivity index (χ2v) is 9.82. The van der Waals surface area contributed by atoms with Crippen LogP contribution in [-0.2, 0) is 16.1 Å². The van der Waals surface area contributed by atoms with Crippen LogP contribution in [0.15, 0.2) is 35.6 Å². The Morgan fingerprint density at radius 1 is 1.31 bits per heavy atom. The first-order chi connectivity index (χ1) is 16.9. The first kappa shape index (κ1) is 24.8. The number of hydrogen-bond donors (Lipinski definition) is 2. The zero-order valence-electron chi connectivity index (χ0n) is 20.4. The summed E-state index contributed by atoms with van der Waals surface area (Å²) in [5, 5.41) is 12.3. The molecule has 3 heterocycles. The minimum Gasteiger partial charge on any atom is -0.497 e. The van der Waals surface area contributed by atoms with Crippen LogP contribution in [0, 0.1) is 5.92 Å². The molecule has 4 rings (SSSR count). The Morgan fingerprint density at radius 2 is 2.14 bits per heavy atom. The van der Waals surface area contributed by atoms with Crippen LogP contribution in [0.5, 0.6) is 5.75 Å². The lowest BCUT2D eigenvalue weighted by Gasteiger charge is -2.17. The van der Waals surface area contributed by atoms with Gasteiger partial charge in [-0.3, -0.25) is 9.59 Å². The number of ether oxygens (including phenoxy) is 1. The van der Waals surface area contributed by atoms with Crippen molar-refractivity contribution in [3.8, 4) is 5.75 Å². The van der Waals surface area contributed by atoms with Crippen LogP contribution in [0.2, 0.25) is 0 Å². The highest BCUT2D eigenvalue weighted by Gasteiger charge is 2.35. The molecule has 1 aromatic carbocycles. The fourth-order valence-electron chi connectivity index (χ4n) is 4.02. The van der Waals surface area contributed by atoms with Gasteiger partial charge in [0, 0.05) is 37.3 Å². The largest absolute Gasteiger partial charge is 0.497 e. The van der Waals surface area contributed by atoms with Crippen molar-refractivity contribution >= 4 is 46.1 Å². The fraction of sp³-hybridized carbons (Fsp3) is 0.458. The molecule has 0 aliphatic carbocycles. The molecule has 0 radical (unpaired) electrons. The van der Waals surface area contributed by atoms with Crippen LogP contribution < -0.4 is 20.3 Å². The second kappa shape index (κ2) is 10.9. The molecule has 2 amide bonds. The highest BCUT2D eigenvalue weighted by Crippen LogP contribution is 2.28. The summed E-state index contributed by atoms with van der Waals surface area (Å²) in [6.45, 7) is 7.37. The Bertz CT molecular complexity index is 1210. The van der Waals surface area contributed by atoms with Gasteiger partial charge in [0.25, 0.3) is 0 Å². The molecule has 1 aliphatic rings. The molecule has 0 saturated carbocycles. The van der Waals surface area contributed by atoms with Crippen molar-refractivity contribution in [1.29, 1.82) is 0 Å². The Kier molecular flexibility index (Phi) is 7.74. The van der Waals surface area contributed by atoms with Gasteiger partial charge in [0.05, 0.1) is 31.2 Å². The van der Waals surface area contributed by atoms with E-state index in [-0.39, 0.29) is 24.3 Å². The van der Waals surface area contributed by atoms with Crippen molar-refractivity contribution in [2.24, 2.45) is 5.92 Å². The summed E-state index contributed by atoms with van der Waals surface area (Å²) in [5.41, 5.74) is 1.47. The van der Waals surface area contributed by atoms with Crippen LogP contribution in [-0.4, -0.2) is 63.6 Å². The number of benzene rings is 1. The molecule has 2 N–H and O–H groups in total. The van der Waals surface area contributed by atoms with E-state index in [2.05, 4.69) is 46.5 Å². The molecule has 3 aromatic rings. The third-order valence-corrected chi connectivity index (χ3v) is 6.39. The molecule has 1 saturated heterocycles. The molecule has 1 atom stereocenters. The molecule has 10 nitrogen and oxygen atoms in total. The van der Waals surface area contributed by atoms with Gasteiger partial charge in [0.15, 0.2) is 10.8 Å². The van der Waals surface area contributed by atoms with Crippen molar-refractivity contribution in [3.63, 3.8) is 0 Å². The van der Waals surface area contributed by atoms with E-state index in [0.29, 0.717) is 30.5 Å². The SMILES string of the molecule is CCSc1nc(NC(C)C)c2cnn(CCNC(=O)C3CC(=O)N(c4cccc(OC)c4)C3)c2n1.